The molecule has 0 saturated carbocycles. The van der Waals surface area contributed by atoms with E-state index < -0.39 is 11.8 Å². The molecule has 1 heterocycles. The number of ether oxygens (including phenoxy) is 1. The largest absolute Gasteiger partial charge is 0.492 e. The topological polar surface area (TPSA) is 96.4 Å². The van der Waals surface area contributed by atoms with Gasteiger partial charge in [0.25, 0.3) is 0 Å². The third-order valence-electron chi connectivity index (χ3n) is 3.11. The molecule has 0 aliphatic rings. The molecule has 0 atom stereocenters. The average Bonchev–Trinajstić information content (AvgIpc) is 2.89. The molecule has 0 radical (unpaired) electrons. The minimum Gasteiger partial charge on any atom is -0.492 e. The van der Waals surface area contributed by atoms with E-state index in [0.717, 1.165) is 0 Å². The number of aromatic amines is 1. The van der Waals surface area contributed by atoms with E-state index in [2.05, 4.69) is 15.6 Å². The van der Waals surface area contributed by atoms with Crippen LogP contribution in [0.5, 0.6) is 5.75 Å². The Morgan fingerprint density at radius 1 is 1.22 bits per heavy atom. The number of fused-ring (bicyclic) bond motifs is 1. The van der Waals surface area contributed by atoms with Crippen LogP contribution in [-0.2, 0) is 0 Å². The number of hydrogen-bond donors (Lipinski definition) is 3. The molecule has 0 saturated heterocycles. The van der Waals surface area contributed by atoms with Crippen molar-refractivity contribution in [1.29, 1.82) is 0 Å². The van der Waals surface area contributed by atoms with Crippen LogP contribution in [0.4, 0.5) is 16.2 Å². The normalized spacial score (nSPS) is 10.5. The number of para-hydroxylation sites is 2. The highest BCUT2D eigenvalue weighted by Gasteiger charge is 2.08. The van der Waals surface area contributed by atoms with Crippen molar-refractivity contribution < 1.29 is 13.9 Å². The van der Waals surface area contributed by atoms with E-state index in [4.69, 9.17) is 9.15 Å². The lowest BCUT2D eigenvalue weighted by atomic mass is 10.3. The Labute approximate surface area is 131 Å². The van der Waals surface area contributed by atoms with Gasteiger partial charge in [-0.15, -0.1) is 0 Å². The molecule has 0 aliphatic heterocycles. The molecule has 0 aliphatic carbocycles. The van der Waals surface area contributed by atoms with Crippen LogP contribution in [0.1, 0.15) is 6.92 Å². The van der Waals surface area contributed by atoms with E-state index in [1.807, 2.05) is 13.0 Å². The first-order valence-corrected chi connectivity index (χ1v) is 7.08. The van der Waals surface area contributed by atoms with E-state index in [9.17, 15) is 9.59 Å². The van der Waals surface area contributed by atoms with Gasteiger partial charge in [-0.2, -0.15) is 0 Å². The van der Waals surface area contributed by atoms with Crippen LogP contribution >= 0.6 is 0 Å². The standard InChI is InChI=1S/C16H15N3O4/c1-2-22-13-6-4-3-5-11(13)18-15(20)17-10-7-8-12-14(9-10)23-16(21)19-12/h3-9H,2H2,1H3,(H,19,21)(H2,17,18,20). The molecule has 0 bridgehead atoms. The highest BCUT2D eigenvalue weighted by atomic mass is 16.5. The van der Waals surface area contributed by atoms with Gasteiger partial charge in [0.05, 0.1) is 17.8 Å². The summed E-state index contributed by atoms with van der Waals surface area (Å²) < 4.78 is 10.4. The van der Waals surface area contributed by atoms with Gasteiger partial charge in [-0.05, 0) is 31.2 Å². The molecule has 2 aromatic carbocycles. The van der Waals surface area contributed by atoms with Gasteiger partial charge in [0.2, 0.25) is 0 Å². The number of hydrogen-bond acceptors (Lipinski definition) is 4. The Hall–Kier alpha value is -3.22. The van der Waals surface area contributed by atoms with Crippen LogP contribution in [0.25, 0.3) is 11.1 Å². The fraction of sp³-hybridized carbons (Fsp3) is 0.125. The number of nitrogens with one attached hydrogen (secondary N) is 3. The Morgan fingerprint density at radius 3 is 2.87 bits per heavy atom. The predicted molar refractivity (Wildman–Crippen MR) is 87.1 cm³/mol. The molecule has 0 fully saturated rings. The number of carbonyl (C=O) groups excluding carboxylic acids is 1. The highest BCUT2D eigenvalue weighted by molar-refractivity contribution is 6.01. The number of urea groups is 1. The van der Waals surface area contributed by atoms with Gasteiger partial charge in [-0.3, -0.25) is 4.98 Å². The molecular formula is C16H15N3O4. The molecule has 3 aromatic rings. The molecule has 0 unspecified atom stereocenters. The predicted octanol–water partition coefficient (Wildman–Crippen LogP) is 3.16. The van der Waals surface area contributed by atoms with Crippen molar-refractivity contribution in [2.45, 2.75) is 6.92 Å². The second kappa shape index (κ2) is 6.27. The third kappa shape index (κ3) is 3.34. The Kier molecular flexibility index (Phi) is 4.01. The first-order chi connectivity index (χ1) is 11.2. The van der Waals surface area contributed by atoms with E-state index in [1.165, 1.54) is 0 Å². The van der Waals surface area contributed by atoms with Crippen LogP contribution in [-0.4, -0.2) is 17.6 Å². The van der Waals surface area contributed by atoms with Gasteiger partial charge in [0.1, 0.15) is 5.75 Å². The molecule has 7 nitrogen and oxygen atoms in total. The summed E-state index contributed by atoms with van der Waals surface area (Å²) in [7, 11) is 0. The van der Waals surface area contributed by atoms with Crippen LogP contribution in [0, 0.1) is 0 Å². The number of aromatic nitrogens is 1. The zero-order valence-corrected chi connectivity index (χ0v) is 12.4. The lowest BCUT2D eigenvalue weighted by molar-refractivity contribution is 0.262. The summed E-state index contributed by atoms with van der Waals surface area (Å²) in [6, 6.07) is 11.6. The summed E-state index contributed by atoms with van der Waals surface area (Å²) in [4.78, 5) is 25.8. The van der Waals surface area contributed by atoms with Crippen molar-refractivity contribution in [1.82, 2.24) is 4.98 Å². The Bertz CT molecular complexity index is 897. The maximum atomic E-state index is 12.1. The molecular weight excluding hydrogens is 298 g/mol. The molecule has 0 spiro atoms. The summed E-state index contributed by atoms with van der Waals surface area (Å²) in [5.74, 6) is 0.0597. The SMILES string of the molecule is CCOc1ccccc1NC(=O)Nc1ccc2[nH]c(=O)oc2c1. The molecule has 23 heavy (non-hydrogen) atoms. The molecule has 3 rings (SSSR count). The summed E-state index contributed by atoms with van der Waals surface area (Å²) in [6.45, 7) is 2.38. The summed E-state index contributed by atoms with van der Waals surface area (Å²) in [5.41, 5.74) is 2.03. The van der Waals surface area contributed by atoms with Gasteiger partial charge in [0, 0.05) is 11.8 Å². The van der Waals surface area contributed by atoms with Crippen molar-refractivity contribution in [3.05, 3.63) is 53.0 Å². The number of carbonyl (C=O) groups is 1. The summed E-state index contributed by atoms with van der Waals surface area (Å²) in [5, 5.41) is 5.40. The van der Waals surface area contributed by atoms with Crippen molar-refractivity contribution in [3.8, 4) is 5.75 Å². The van der Waals surface area contributed by atoms with Gasteiger partial charge in [-0.25, -0.2) is 9.59 Å². The number of anilines is 2. The van der Waals surface area contributed by atoms with E-state index in [-0.39, 0.29) is 0 Å². The number of oxazole rings is 1. The van der Waals surface area contributed by atoms with E-state index in [1.54, 1.807) is 36.4 Å². The quantitative estimate of drug-likeness (QED) is 0.689. The molecule has 1 aromatic heterocycles. The van der Waals surface area contributed by atoms with Crippen molar-refractivity contribution >= 4 is 28.5 Å². The van der Waals surface area contributed by atoms with Crippen molar-refractivity contribution in [2.75, 3.05) is 17.2 Å². The van der Waals surface area contributed by atoms with E-state index in [0.29, 0.717) is 34.8 Å². The number of H-pyrrole nitrogens is 1. The van der Waals surface area contributed by atoms with Crippen LogP contribution < -0.4 is 21.1 Å². The lowest BCUT2D eigenvalue weighted by Gasteiger charge is -2.12. The average molecular weight is 313 g/mol. The monoisotopic (exact) mass is 313 g/mol. The molecule has 2 amide bonds. The summed E-state index contributed by atoms with van der Waals surface area (Å²) >= 11 is 0. The second-order valence-corrected chi connectivity index (χ2v) is 4.73. The first-order valence-electron chi connectivity index (χ1n) is 7.08. The molecule has 7 heteroatoms. The maximum absolute atomic E-state index is 12.1. The third-order valence-corrected chi connectivity index (χ3v) is 3.11. The second-order valence-electron chi connectivity index (χ2n) is 4.73. The number of benzene rings is 2. The van der Waals surface area contributed by atoms with Gasteiger partial charge in [0.15, 0.2) is 5.58 Å². The molecule has 118 valence electrons. The van der Waals surface area contributed by atoms with Crippen LogP contribution in [0.3, 0.4) is 0 Å². The number of amides is 2. The van der Waals surface area contributed by atoms with Crippen LogP contribution in [0.15, 0.2) is 51.7 Å². The fourth-order valence-corrected chi connectivity index (χ4v) is 2.16. The molecule has 3 N–H and O–H groups in total. The van der Waals surface area contributed by atoms with Crippen molar-refractivity contribution in [2.24, 2.45) is 0 Å². The zero-order valence-electron chi connectivity index (χ0n) is 12.4. The smallest absolute Gasteiger partial charge is 0.417 e. The minimum atomic E-state index is -0.535. The van der Waals surface area contributed by atoms with Crippen LogP contribution in [0.2, 0.25) is 0 Å². The Morgan fingerprint density at radius 2 is 2.04 bits per heavy atom. The fourth-order valence-electron chi connectivity index (χ4n) is 2.16. The van der Waals surface area contributed by atoms with Gasteiger partial charge >= 0.3 is 11.8 Å². The first kappa shape index (κ1) is 14.7. The van der Waals surface area contributed by atoms with Gasteiger partial charge in [-0.1, -0.05) is 12.1 Å². The van der Waals surface area contributed by atoms with E-state index >= 15 is 0 Å². The Balaban J connectivity index is 1.74. The maximum Gasteiger partial charge on any atom is 0.417 e. The van der Waals surface area contributed by atoms with Gasteiger partial charge < -0.3 is 19.8 Å². The number of rotatable bonds is 4. The highest BCUT2D eigenvalue weighted by Crippen LogP contribution is 2.24. The minimum absolute atomic E-state index is 0.377. The summed E-state index contributed by atoms with van der Waals surface area (Å²) in [6.07, 6.45) is 0. The van der Waals surface area contributed by atoms with Crippen molar-refractivity contribution in [3.63, 3.8) is 0 Å². The lowest BCUT2D eigenvalue weighted by Crippen LogP contribution is -2.19. The zero-order chi connectivity index (χ0) is 16.2.